The van der Waals surface area contributed by atoms with Gasteiger partial charge in [-0.25, -0.2) is 0 Å². The van der Waals surface area contributed by atoms with Crippen LogP contribution in [0.15, 0.2) is 29.3 Å². The van der Waals surface area contributed by atoms with E-state index in [1.54, 1.807) is 18.2 Å². The highest BCUT2D eigenvalue weighted by atomic mass is 35.5. The van der Waals surface area contributed by atoms with Crippen LogP contribution in [0.1, 0.15) is 5.56 Å². The maximum Gasteiger partial charge on any atom is 0.311 e. The molecule has 4 heteroatoms. The average Bonchev–Trinajstić information content (AvgIpc) is 2.51. The molecule has 2 rings (SSSR count). The zero-order valence-corrected chi connectivity index (χ0v) is 7.83. The number of hydrogen-bond donors (Lipinski definition) is 0. The maximum absolute atomic E-state index is 12.8. The van der Waals surface area contributed by atoms with Crippen molar-refractivity contribution in [2.75, 3.05) is 0 Å². The van der Waals surface area contributed by atoms with Crippen LogP contribution in [0.5, 0.6) is 0 Å². The van der Waals surface area contributed by atoms with E-state index in [2.05, 4.69) is 0 Å². The van der Waals surface area contributed by atoms with E-state index in [4.69, 9.17) is 23.2 Å². The van der Waals surface area contributed by atoms with Crippen LogP contribution in [-0.4, -0.2) is 5.92 Å². The Morgan fingerprint density at radius 2 is 1.77 bits per heavy atom. The third kappa shape index (κ3) is 1.34. The van der Waals surface area contributed by atoms with Crippen LogP contribution in [0.2, 0.25) is 5.02 Å². The Morgan fingerprint density at radius 1 is 1.15 bits per heavy atom. The van der Waals surface area contributed by atoms with Crippen LogP contribution in [-0.2, 0) is 0 Å². The van der Waals surface area contributed by atoms with Gasteiger partial charge in [-0.1, -0.05) is 35.3 Å². The molecule has 0 aromatic heterocycles. The van der Waals surface area contributed by atoms with Crippen molar-refractivity contribution in [3.63, 3.8) is 0 Å². The Morgan fingerprint density at radius 3 is 2.23 bits per heavy atom. The maximum atomic E-state index is 12.8. The summed E-state index contributed by atoms with van der Waals surface area (Å²) in [6, 6.07) is 6.27. The summed E-state index contributed by atoms with van der Waals surface area (Å²) >= 11 is 11.0. The fourth-order valence-electron chi connectivity index (χ4n) is 1.16. The van der Waals surface area contributed by atoms with Crippen molar-refractivity contribution in [3.05, 3.63) is 39.9 Å². The summed E-state index contributed by atoms with van der Waals surface area (Å²) in [7, 11) is 0. The molecule has 1 aliphatic carbocycles. The first-order valence-electron chi connectivity index (χ1n) is 3.58. The number of rotatable bonds is 1. The van der Waals surface area contributed by atoms with Gasteiger partial charge in [0.15, 0.2) is 0 Å². The van der Waals surface area contributed by atoms with Crippen molar-refractivity contribution in [3.8, 4) is 0 Å². The molecule has 0 amide bonds. The van der Waals surface area contributed by atoms with Crippen LogP contribution in [0, 0.1) is 0 Å². The molecule has 1 aromatic rings. The van der Waals surface area contributed by atoms with E-state index in [1.165, 1.54) is 6.07 Å². The van der Waals surface area contributed by atoms with Gasteiger partial charge in [-0.15, -0.1) is 0 Å². The Bertz CT molecular complexity index is 396. The van der Waals surface area contributed by atoms with Gasteiger partial charge in [0.1, 0.15) is 5.03 Å². The highest BCUT2D eigenvalue weighted by Gasteiger charge is 2.56. The largest absolute Gasteiger partial charge is 0.311 e. The second-order valence-corrected chi connectivity index (χ2v) is 3.59. The van der Waals surface area contributed by atoms with Gasteiger partial charge in [-0.05, 0) is 17.7 Å². The zero-order valence-electron chi connectivity index (χ0n) is 6.32. The molecule has 1 aliphatic rings. The summed E-state index contributed by atoms with van der Waals surface area (Å²) in [5.74, 6) is -2.94. The van der Waals surface area contributed by atoms with E-state index in [-0.39, 0.29) is 10.6 Å². The molecular formula is C9H4Cl2F2. The molecule has 0 fully saturated rings. The van der Waals surface area contributed by atoms with Crippen LogP contribution in [0.25, 0.3) is 5.57 Å². The smallest absolute Gasteiger partial charge is 0.195 e. The summed E-state index contributed by atoms with van der Waals surface area (Å²) in [6.07, 6.45) is 0. The second-order valence-electron chi connectivity index (χ2n) is 2.77. The minimum absolute atomic E-state index is 0.114. The standard InChI is InChI=1S/C9H4Cl2F2/c10-6-3-1-2-5(4-6)7-8(11)9(7,12)13/h1-4H. The quantitative estimate of drug-likeness (QED) is 0.673. The molecule has 0 saturated heterocycles. The number of benzene rings is 1. The first-order valence-corrected chi connectivity index (χ1v) is 4.33. The molecule has 0 unspecified atom stereocenters. The fourth-order valence-corrected chi connectivity index (χ4v) is 1.63. The van der Waals surface area contributed by atoms with Crippen LogP contribution in [0.4, 0.5) is 8.78 Å². The second kappa shape index (κ2) is 2.69. The molecule has 0 heterocycles. The highest BCUT2D eigenvalue weighted by molar-refractivity contribution is 6.40. The number of alkyl halides is 2. The fraction of sp³-hybridized carbons (Fsp3) is 0.111. The van der Waals surface area contributed by atoms with E-state index in [0.717, 1.165) is 0 Å². The Labute approximate surface area is 83.8 Å². The molecule has 68 valence electrons. The van der Waals surface area contributed by atoms with Gasteiger partial charge >= 0.3 is 5.92 Å². The minimum Gasteiger partial charge on any atom is -0.195 e. The summed E-state index contributed by atoms with van der Waals surface area (Å²) < 4.78 is 25.5. The topological polar surface area (TPSA) is 0 Å². The van der Waals surface area contributed by atoms with Crippen LogP contribution in [0.3, 0.4) is 0 Å². The molecule has 0 spiro atoms. The normalized spacial score (nSPS) is 19.1. The van der Waals surface area contributed by atoms with Crippen LogP contribution < -0.4 is 0 Å². The van der Waals surface area contributed by atoms with Crippen LogP contribution >= 0.6 is 23.2 Å². The van der Waals surface area contributed by atoms with E-state index in [9.17, 15) is 8.78 Å². The van der Waals surface area contributed by atoms with E-state index in [0.29, 0.717) is 10.6 Å². The highest BCUT2D eigenvalue weighted by Crippen LogP contribution is 2.57. The summed E-state index contributed by atoms with van der Waals surface area (Å²) in [5.41, 5.74) is 0.277. The van der Waals surface area contributed by atoms with Crippen molar-refractivity contribution >= 4 is 28.8 Å². The summed E-state index contributed by atoms with van der Waals surface area (Å²) in [4.78, 5) is 0. The Kier molecular flexibility index (Phi) is 1.86. The van der Waals surface area contributed by atoms with E-state index >= 15 is 0 Å². The predicted octanol–water partition coefficient (Wildman–Crippen LogP) is 3.94. The summed E-state index contributed by atoms with van der Waals surface area (Å²) in [5, 5.41) is 0.0481. The lowest BCUT2D eigenvalue weighted by Gasteiger charge is -1.97. The number of halogens is 4. The number of hydrogen-bond acceptors (Lipinski definition) is 0. The van der Waals surface area contributed by atoms with E-state index < -0.39 is 5.92 Å². The Hall–Kier alpha value is -0.600. The average molecular weight is 221 g/mol. The van der Waals surface area contributed by atoms with Gasteiger partial charge in [0.2, 0.25) is 0 Å². The van der Waals surface area contributed by atoms with Gasteiger partial charge in [-0.3, -0.25) is 0 Å². The molecule has 0 nitrogen and oxygen atoms in total. The SMILES string of the molecule is FC1(F)C(Cl)=C1c1cccc(Cl)c1. The molecule has 1 aromatic carbocycles. The monoisotopic (exact) mass is 220 g/mol. The number of allylic oxidation sites excluding steroid dienone is 2. The van der Waals surface area contributed by atoms with Gasteiger partial charge in [0, 0.05) is 5.02 Å². The zero-order chi connectivity index (χ0) is 9.64. The predicted molar refractivity (Wildman–Crippen MR) is 49.2 cm³/mol. The van der Waals surface area contributed by atoms with E-state index in [1.807, 2.05) is 0 Å². The minimum atomic E-state index is -2.94. The van der Waals surface area contributed by atoms with Crippen molar-refractivity contribution in [1.29, 1.82) is 0 Å². The molecule has 0 radical (unpaired) electrons. The lowest BCUT2D eigenvalue weighted by Crippen LogP contribution is -1.94. The first kappa shape index (κ1) is 8.97. The third-order valence-electron chi connectivity index (χ3n) is 1.86. The Balaban J connectivity index is 2.40. The molecular weight excluding hydrogens is 217 g/mol. The van der Waals surface area contributed by atoms with Gasteiger partial charge in [-0.2, -0.15) is 8.78 Å². The lowest BCUT2D eigenvalue weighted by atomic mass is 10.2. The molecule has 0 aliphatic heterocycles. The van der Waals surface area contributed by atoms with Crippen molar-refractivity contribution < 1.29 is 8.78 Å². The molecule has 0 atom stereocenters. The molecule has 0 N–H and O–H groups in total. The molecule has 0 saturated carbocycles. The van der Waals surface area contributed by atoms with Gasteiger partial charge in [0.25, 0.3) is 0 Å². The van der Waals surface area contributed by atoms with Crippen molar-refractivity contribution in [2.24, 2.45) is 0 Å². The summed E-state index contributed by atoms with van der Waals surface area (Å²) in [6.45, 7) is 0. The van der Waals surface area contributed by atoms with Crippen molar-refractivity contribution in [2.45, 2.75) is 5.92 Å². The molecule has 13 heavy (non-hydrogen) atoms. The van der Waals surface area contributed by atoms with Gasteiger partial charge in [0.05, 0.1) is 5.57 Å². The van der Waals surface area contributed by atoms with Gasteiger partial charge < -0.3 is 0 Å². The molecule has 0 bridgehead atoms. The van der Waals surface area contributed by atoms with Crippen molar-refractivity contribution in [1.82, 2.24) is 0 Å². The first-order chi connectivity index (χ1) is 6.03. The lowest BCUT2D eigenvalue weighted by molar-refractivity contribution is 0.155. The third-order valence-corrected chi connectivity index (χ3v) is 2.52.